The molecule has 0 aromatic heterocycles. The van der Waals surface area contributed by atoms with Gasteiger partial charge in [-0.3, -0.25) is 14.9 Å². The molecule has 1 aromatic rings. The van der Waals surface area contributed by atoms with E-state index in [-0.39, 0.29) is 23.2 Å². The van der Waals surface area contributed by atoms with Crippen LogP contribution in [0.2, 0.25) is 0 Å². The lowest BCUT2D eigenvalue weighted by Crippen LogP contribution is -2.38. The normalized spacial score (nSPS) is 13.7. The molecule has 2 atom stereocenters. The van der Waals surface area contributed by atoms with Crippen molar-refractivity contribution < 1.29 is 9.72 Å². The Morgan fingerprint density at radius 2 is 2.11 bits per heavy atom. The number of carbonyl (C=O) groups is 1. The van der Waals surface area contributed by atoms with E-state index in [0.717, 1.165) is 5.33 Å². The minimum absolute atomic E-state index is 0.0638. The zero-order valence-corrected chi connectivity index (χ0v) is 12.7. The van der Waals surface area contributed by atoms with Gasteiger partial charge in [0.05, 0.1) is 4.92 Å². The first-order valence-corrected chi connectivity index (χ1v) is 7.11. The smallest absolute Gasteiger partial charge is 0.282 e. The zero-order chi connectivity index (χ0) is 14.6. The van der Waals surface area contributed by atoms with Gasteiger partial charge in [-0.2, -0.15) is 0 Å². The van der Waals surface area contributed by atoms with Crippen LogP contribution in [0.3, 0.4) is 0 Å². The summed E-state index contributed by atoms with van der Waals surface area (Å²) in [6, 6.07) is 4.56. The molecule has 0 saturated carbocycles. The average Bonchev–Trinajstić information content (AvgIpc) is 2.36. The van der Waals surface area contributed by atoms with Crippen molar-refractivity contribution in [2.75, 3.05) is 5.33 Å². The number of aryl methyl sites for hydroxylation is 1. The van der Waals surface area contributed by atoms with Gasteiger partial charge in [-0.25, -0.2) is 0 Å². The highest BCUT2D eigenvalue weighted by molar-refractivity contribution is 9.09. The van der Waals surface area contributed by atoms with E-state index in [1.165, 1.54) is 6.07 Å². The Labute approximate surface area is 120 Å². The van der Waals surface area contributed by atoms with E-state index in [1.54, 1.807) is 19.1 Å². The molecule has 0 saturated heterocycles. The summed E-state index contributed by atoms with van der Waals surface area (Å²) >= 11 is 3.35. The van der Waals surface area contributed by atoms with Crippen molar-refractivity contribution in [1.29, 1.82) is 0 Å². The Kier molecular flexibility index (Phi) is 5.47. The summed E-state index contributed by atoms with van der Waals surface area (Å²) in [6.07, 6.45) is 0. The molecule has 6 heteroatoms. The highest BCUT2D eigenvalue weighted by atomic mass is 79.9. The van der Waals surface area contributed by atoms with Crippen LogP contribution in [0.1, 0.15) is 29.8 Å². The van der Waals surface area contributed by atoms with Gasteiger partial charge < -0.3 is 5.32 Å². The number of carbonyl (C=O) groups excluding carboxylic acids is 1. The van der Waals surface area contributed by atoms with E-state index in [1.807, 2.05) is 13.8 Å². The van der Waals surface area contributed by atoms with Crippen LogP contribution in [0.15, 0.2) is 18.2 Å². The highest BCUT2D eigenvalue weighted by Crippen LogP contribution is 2.22. The molecule has 0 aliphatic rings. The fourth-order valence-electron chi connectivity index (χ4n) is 1.65. The molecule has 0 aliphatic carbocycles. The van der Waals surface area contributed by atoms with Crippen molar-refractivity contribution in [3.8, 4) is 0 Å². The van der Waals surface area contributed by atoms with Crippen LogP contribution < -0.4 is 5.32 Å². The third kappa shape index (κ3) is 3.76. The lowest BCUT2D eigenvalue weighted by atomic mass is 10.0. The molecule has 2 unspecified atom stereocenters. The third-order valence-corrected chi connectivity index (χ3v) is 4.15. The molecule has 0 fully saturated rings. The maximum Gasteiger partial charge on any atom is 0.282 e. The molecule has 19 heavy (non-hydrogen) atoms. The summed E-state index contributed by atoms with van der Waals surface area (Å²) in [7, 11) is 0. The van der Waals surface area contributed by atoms with Gasteiger partial charge in [-0.1, -0.05) is 35.0 Å². The topological polar surface area (TPSA) is 72.2 Å². The number of nitrogens with one attached hydrogen (secondary N) is 1. The van der Waals surface area contributed by atoms with Crippen molar-refractivity contribution in [3.63, 3.8) is 0 Å². The number of amides is 1. The molecule has 0 radical (unpaired) electrons. The van der Waals surface area contributed by atoms with Gasteiger partial charge in [0.25, 0.3) is 11.6 Å². The first-order valence-electron chi connectivity index (χ1n) is 5.99. The van der Waals surface area contributed by atoms with Crippen molar-refractivity contribution in [1.82, 2.24) is 5.32 Å². The third-order valence-electron chi connectivity index (χ3n) is 3.13. The van der Waals surface area contributed by atoms with E-state index >= 15 is 0 Å². The van der Waals surface area contributed by atoms with Gasteiger partial charge >= 0.3 is 0 Å². The van der Waals surface area contributed by atoms with Gasteiger partial charge in [0, 0.05) is 17.4 Å². The number of hydrogen-bond donors (Lipinski definition) is 1. The Hall–Kier alpha value is -1.43. The zero-order valence-electron chi connectivity index (χ0n) is 11.1. The summed E-state index contributed by atoms with van der Waals surface area (Å²) < 4.78 is 0. The van der Waals surface area contributed by atoms with E-state index in [4.69, 9.17) is 0 Å². The summed E-state index contributed by atoms with van der Waals surface area (Å²) in [5.41, 5.74) is 0.586. The minimum atomic E-state index is -0.527. The van der Waals surface area contributed by atoms with Crippen molar-refractivity contribution in [2.24, 2.45) is 5.92 Å². The molecule has 1 rings (SSSR count). The number of nitro groups is 1. The SMILES string of the molecule is Cc1cccc([N+](=O)[O-])c1C(=O)NC(C)C(C)CBr. The quantitative estimate of drug-likeness (QED) is 0.513. The second-order valence-corrected chi connectivity index (χ2v) is 5.27. The highest BCUT2D eigenvalue weighted by Gasteiger charge is 2.24. The summed E-state index contributed by atoms with van der Waals surface area (Å²) in [5.74, 6) is -0.155. The first kappa shape index (κ1) is 15.6. The van der Waals surface area contributed by atoms with Crippen molar-refractivity contribution in [3.05, 3.63) is 39.4 Å². The van der Waals surface area contributed by atoms with Crippen LogP contribution in [0, 0.1) is 23.0 Å². The van der Waals surface area contributed by atoms with Crippen molar-refractivity contribution in [2.45, 2.75) is 26.8 Å². The van der Waals surface area contributed by atoms with E-state index in [0.29, 0.717) is 5.56 Å². The standard InChI is InChI=1S/C13H17BrN2O3/c1-8-5-4-6-11(16(18)19)12(8)13(17)15-10(3)9(2)7-14/h4-6,9-10H,7H2,1-3H3,(H,15,17). The van der Waals surface area contributed by atoms with Gasteiger partial charge in [0.1, 0.15) is 5.56 Å². The molecule has 0 bridgehead atoms. The largest absolute Gasteiger partial charge is 0.349 e. The second kappa shape index (κ2) is 6.65. The fourth-order valence-corrected chi connectivity index (χ4v) is 2.22. The maximum atomic E-state index is 12.2. The number of halogens is 1. The van der Waals surface area contributed by atoms with E-state index in [9.17, 15) is 14.9 Å². The Morgan fingerprint density at radius 3 is 2.63 bits per heavy atom. The number of alkyl halides is 1. The van der Waals surface area contributed by atoms with Crippen LogP contribution in [0.5, 0.6) is 0 Å². The van der Waals surface area contributed by atoms with E-state index in [2.05, 4.69) is 21.2 Å². The predicted molar refractivity (Wildman–Crippen MR) is 77.7 cm³/mol. The van der Waals surface area contributed by atoms with Crippen LogP contribution in [-0.2, 0) is 0 Å². The maximum absolute atomic E-state index is 12.2. The number of benzene rings is 1. The summed E-state index contributed by atoms with van der Waals surface area (Å²) in [6.45, 7) is 5.57. The number of rotatable bonds is 5. The first-order chi connectivity index (χ1) is 8.88. The Balaban J connectivity index is 3.03. The molecule has 0 aliphatic heterocycles. The Morgan fingerprint density at radius 1 is 1.47 bits per heavy atom. The molecular weight excluding hydrogens is 312 g/mol. The lowest BCUT2D eigenvalue weighted by molar-refractivity contribution is -0.385. The monoisotopic (exact) mass is 328 g/mol. The van der Waals surface area contributed by atoms with Crippen LogP contribution >= 0.6 is 15.9 Å². The minimum Gasteiger partial charge on any atom is -0.349 e. The van der Waals surface area contributed by atoms with E-state index < -0.39 is 10.8 Å². The lowest BCUT2D eigenvalue weighted by Gasteiger charge is -2.19. The van der Waals surface area contributed by atoms with Crippen LogP contribution in [0.4, 0.5) is 5.69 Å². The van der Waals surface area contributed by atoms with Gasteiger partial charge in [0.15, 0.2) is 0 Å². The van der Waals surface area contributed by atoms with Crippen LogP contribution in [-0.4, -0.2) is 22.2 Å². The number of hydrogen-bond acceptors (Lipinski definition) is 3. The molecule has 104 valence electrons. The van der Waals surface area contributed by atoms with Crippen LogP contribution in [0.25, 0.3) is 0 Å². The van der Waals surface area contributed by atoms with Gasteiger partial charge in [-0.15, -0.1) is 0 Å². The number of nitro benzene ring substituents is 1. The molecule has 0 spiro atoms. The molecule has 1 amide bonds. The molecule has 1 N–H and O–H groups in total. The molecule has 0 heterocycles. The summed E-state index contributed by atoms with van der Waals surface area (Å²) in [5, 5.41) is 14.5. The molecule has 5 nitrogen and oxygen atoms in total. The van der Waals surface area contributed by atoms with Crippen molar-refractivity contribution >= 4 is 27.5 Å². The number of nitrogens with zero attached hydrogens (tertiary/aromatic N) is 1. The second-order valence-electron chi connectivity index (χ2n) is 4.62. The van der Waals surface area contributed by atoms with Gasteiger partial charge in [0.2, 0.25) is 0 Å². The Bertz CT molecular complexity index is 491. The van der Waals surface area contributed by atoms with Gasteiger partial charge in [-0.05, 0) is 25.3 Å². The average molecular weight is 329 g/mol. The predicted octanol–water partition coefficient (Wildman–Crippen LogP) is 3.05. The molecule has 1 aromatic carbocycles. The molecular formula is C13H17BrN2O3. The fraction of sp³-hybridized carbons (Fsp3) is 0.462. The summed E-state index contributed by atoms with van der Waals surface area (Å²) in [4.78, 5) is 22.6.